The Morgan fingerprint density at radius 2 is 1.80 bits per heavy atom. The van der Waals surface area contributed by atoms with Crippen molar-refractivity contribution in [1.29, 1.82) is 0 Å². The number of halogens is 3. The summed E-state index contributed by atoms with van der Waals surface area (Å²) < 4.78 is 28.1. The smallest absolute Gasteiger partial charge is 0.149 e. The van der Waals surface area contributed by atoms with Crippen LogP contribution in [0.25, 0.3) is 11.0 Å². The van der Waals surface area contributed by atoms with Gasteiger partial charge in [-0.05, 0) is 40.2 Å². The molecule has 1 N–H and O–H groups in total. The Hall–Kier alpha value is -2.08. The molecule has 0 bridgehead atoms. The third-order valence-corrected chi connectivity index (χ3v) is 3.20. The molecular weight excluding hydrogens is 328 g/mol. The van der Waals surface area contributed by atoms with Gasteiger partial charge in [-0.3, -0.25) is 9.97 Å². The Bertz CT molecular complexity index is 772. The fraction of sp³-hybridized carbons (Fsp3) is 0. The molecule has 0 radical (unpaired) electrons. The number of nitrogens with one attached hydrogen (secondary N) is 1. The van der Waals surface area contributed by atoms with Gasteiger partial charge in [0.1, 0.15) is 22.8 Å². The Kier molecular flexibility index (Phi) is 3.31. The van der Waals surface area contributed by atoms with Crippen LogP contribution in [0.3, 0.4) is 0 Å². The summed E-state index contributed by atoms with van der Waals surface area (Å²) in [6.45, 7) is 0. The lowest BCUT2D eigenvalue weighted by molar-refractivity contribution is 0.591. The van der Waals surface area contributed by atoms with Crippen molar-refractivity contribution in [3.05, 3.63) is 58.8 Å². The number of fused-ring (bicyclic) bond motifs is 1. The van der Waals surface area contributed by atoms with Gasteiger partial charge in [0.05, 0.1) is 11.2 Å². The number of nitrogens with zero attached hydrogens (tertiary/aromatic N) is 2. The topological polar surface area (TPSA) is 37.8 Å². The molecule has 100 valence electrons. The van der Waals surface area contributed by atoms with Gasteiger partial charge in [0.15, 0.2) is 0 Å². The number of hydrogen-bond donors (Lipinski definition) is 1. The van der Waals surface area contributed by atoms with Crippen molar-refractivity contribution in [1.82, 2.24) is 9.97 Å². The number of rotatable bonds is 2. The highest BCUT2D eigenvalue weighted by molar-refractivity contribution is 9.10. The fourth-order valence-corrected chi connectivity index (χ4v) is 2.18. The van der Waals surface area contributed by atoms with Gasteiger partial charge in [-0.15, -0.1) is 0 Å². The quantitative estimate of drug-likeness (QED) is 0.753. The molecule has 0 spiro atoms. The SMILES string of the molecule is Fc1cccc(F)c1Nc1ccnc2cc(Br)cnc12. The van der Waals surface area contributed by atoms with Gasteiger partial charge in [0, 0.05) is 16.9 Å². The summed E-state index contributed by atoms with van der Waals surface area (Å²) in [5.41, 5.74) is 1.45. The predicted octanol–water partition coefficient (Wildman–Crippen LogP) is 4.41. The normalized spacial score (nSPS) is 10.8. The third kappa shape index (κ3) is 2.34. The summed E-state index contributed by atoms with van der Waals surface area (Å²) in [7, 11) is 0. The lowest BCUT2D eigenvalue weighted by atomic mass is 10.2. The monoisotopic (exact) mass is 335 g/mol. The molecule has 0 atom stereocenters. The van der Waals surface area contributed by atoms with E-state index in [0.29, 0.717) is 16.7 Å². The van der Waals surface area contributed by atoms with Crippen LogP contribution in [0, 0.1) is 11.6 Å². The van der Waals surface area contributed by atoms with Crippen LogP contribution in [0.1, 0.15) is 0 Å². The van der Waals surface area contributed by atoms with E-state index in [1.165, 1.54) is 18.2 Å². The zero-order chi connectivity index (χ0) is 14.1. The molecule has 2 aromatic heterocycles. The first-order chi connectivity index (χ1) is 9.65. The molecule has 0 aliphatic heterocycles. The predicted molar refractivity (Wildman–Crippen MR) is 76.9 cm³/mol. The highest BCUT2D eigenvalue weighted by atomic mass is 79.9. The van der Waals surface area contributed by atoms with E-state index in [0.717, 1.165) is 4.47 Å². The van der Waals surface area contributed by atoms with Crippen LogP contribution in [0.2, 0.25) is 0 Å². The summed E-state index contributed by atoms with van der Waals surface area (Å²) in [5, 5.41) is 2.74. The van der Waals surface area contributed by atoms with Gasteiger partial charge in [0.2, 0.25) is 0 Å². The first-order valence-corrected chi connectivity index (χ1v) is 6.56. The largest absolute Gasteiger partial charge is 0.349 e. The van der Waals surface area contributed by atoms with Crippen molar-refractivity contribution in [3.8, 4) is 0 Å². The lowest BCUT2D eigenvalue weighted by Crippen LogP contribution is -1.99. The second kappa shape index (κ2) is 5.13. The Morgan fingerprint density at radius 3 is 2.55 bits per heavy atom. The maximum Gasteiger partial charge on any atom is 0.149 e. The van der Waals surface area contributed by atoms with Gasteiger partial charge in [-0.1, -0.05) is 6.07 Å². The van der Waals surface area contributed by atoms with Crippen molar-refractivity contribution in [2.24, 2.45) is 0 Å². The lowest BCUT2D eigenvalue weighted by Gasteiger charge is -2.10. The van der Waals surface area contributed by atoms with Gasteiger partial charge in [0.25, 0.3) is 0 Å². The van der Waals surface area contributed by atoms with Crippen molar-refractivity contribution >= 4 is 38.3 Å². The van der Waals surface area contributed by atoms with Gasteiger partial charge < -0.3 is 5.32 Å². The highest BCUT2D eigenvalue weighted by Crippen LogP contribution is 2.27. The fourth-order valence-electron chi connectivity index (χ4n) is 1.86. The van der Waals surface area contributed by atoms with E-state index in [1.807, 2.05) is 0 Å². The Balaban J connectivity index is 2.11. The van der Waals surface area contributed by atoms with Gasteiger partial charge in [-0.25, -0.2) is 8.78 Å². The summed E-state index contributed by atoms with van der Waals surface area (Å²) in [5.74, 6) is -1.32. The van der Waals surface area contributed by atoms with E-state index in [4.69, 9.17) is 0 Å². The Morgan fingerprint density at radius 1 is 1.05 bits per heavy atom. The molecule has 0 amide bonds. The second-order valence-corrected chi connectivity index (χ2v) is 5.02. The van der Waals surface area contributed by atoms with E-state index in [9.17, 15) is 8.78 Å². The van der Waals surface area contributed by atoms with E-state index in [2.05, 4.69) is 31.2 Å². The van der Waals surface area contributed by atoms with Crippen LogP contribution in [-0.4, -0.2) is 9.97 Å². The highest BCUT2D eigenvalue weighted by Gasteiger charge is 2.11. The maximum absolute atomic E-state index is 13.7. The Labute approximate surface area is 121 Å². The minimum absolute atomic E-state index is 0.204. The minimum atomic E-state index is -0.660. The summed E-state index contributed by atoms with van der Waals surface area (Å²) in [6, 6.07) is 7.10. The minimum Gasteiger partial charge on any atom is -0.349 e. The van der Waals surface area contributed by atoms with E-state index < -0.39 is 11.6 Å². The van der Waals surface area contributed by atoms with E-state index >= 15 is 0 Å². The van der Waals surface area contributed by atoms with Crippen LogP contribution in [0.4, 0.5) is 20.2 Å². The van der Waals surface area contributed by atoms with Gasteiger partial charge in [-0.2, -0.15) is 0 Å². The van der Waals surface area contributed by atoms with Crippen LogP contribution in [-0.2, 0) is 0 Å². The number of hydrogen-bond acceptors (Lipinski definition) is 3. The summed E-state index contributed by atoms with van der Waals surface area (Å²) in [6.07, 6.45) is 3.16. The third-order valence-electron chi connectivity index (χ3n) is 2.77. The molecule has 1 aromatic carbocycles. The molecule has 0 aliphatic rings. The number of para-hydroxylation sites is 1. The van der Waals surface area contributed by atoms with Crippen LogP contribution in [0.5, 0.6) is 0 Å². The first kappa shape index (κ1) is 12.9. The van der Waals surface area contributed by atoms with E-state index in [1.54, 1.807) is 24.5 Å². The van der Waals surface area contributed by atoms with Crippen molar-refractivity contribution in [3.63, 3.8) is 0 Å². The molecule has 3 aromatic rings. The summed E-state index contributed by atoms with van der Waals surface area (Å²) in [4.78, 5) is 8.39. The molecule has 0 saturated carbocycles. The van der Waals surface area contributed by atoms with Crippen molar-refractivity contribution in [2.75, 3.05) is 5.32 Å². The zero-order valence-electron chi connectivity index (χ0n) is 10.1. The molecule has 20 heavy (non-hydrogen) atoms. The first-order valence-electron chi connectivity index (χ1n) is 5.76. The van der Waals surface area contributed by atoms with Crippen LogP contribution < -0.4 is 5.32 Å². The summed E-state index contributed by atoms with van der Waals surface area (Å²) >= 11 is 3.30. The maximum atomic E-state index is 13.7. The molecular formula is C14H8BrF2N3. The molecule has 0 unspecified atom stereocenters. The number of aromatic nitrogens is 2. The number of pyridine rings is 2. The van der Waals surface area contributed by atoms with Crippen molar-refractivity contribution in [2.45, 2.75) is 0 Å². The molecule has 3 nitrogen and oxygen atoms in total. The van der Waals surface area contributed by atoms with Gasteiger partial charge >= 0.3 is 0 Å². The number of benzene rings is 1. The molecule has 0 saturated heterocycles. The van der Waals surface area contributed by atoms with E-state index in [-0.39, 0.29) is 5.69 Å². The average molecular weight is 336 g/mol. The molecule has 0 fully saturated rings. The second-order valence-electron chi connectivity index (χ2n) is 4.10. The molecule has 3 rings (SSSR count). The molecule has 0 aliphatic carbocycles. The van der Waals surface area contributed by atoms with Crippen LogP contribution in [0.15, 0.2) is 47.2 Å². The molecule has 6 heteroatoms. The number of anilines is 2. The average Bonchev–Trinajstić information content (AvgIpc) is 2.42. The molecule has 2 heterocycles. The van der Waals surface area contributed by atoms with Crippen molar-refractivity contribution < 1.29 is 8.78 Å². The van der Waals surface area contributed by atoms with Crippen LogP contribution >= 0.6 is 15.9 Å². The zero-order valence-corrected chi connectivity index (χ0v) is 11.7. The standard InChI is InChI=1S/C14H8BrF2N3/c15-8-6-12-14(19-7-8)11(4-5-18-12)20-13-9(16)2-1-3-10(13)17/h1-7H,(H,18,20).